The van der Waals surface area contributed by atoms with Gasteiger partial charge in [-0.25, -0.2) is 0 Å². The van der Waals surface area contributed by atoms with Gasteiger partial charge in [-0.15, -0.1) is 0 Å². The molecule has 1 N–H and O–H groups in total. The van der Waals surface area contributed by atoms with Crippen molar-refractivity contribution in [2.75, 3.05) is 7.11 Å². The minimum Gasteiger partial charge on any atom is -0.490 e. The lowest BCUT2D eigenvalue weighted by Gasteiger charge is -2.14. The van der Waals surface area contributed by atoms with Crippen molar-refractivity contribution in [2.24, 2.45) is 0 Å². The zero-order valence-electron chi connectivity index (χ0n) is 12.6. The second-order valence-corrected chi connectivity index (χ2v) is 5.81. The first-order valence-corrected chi connectivity index (χ1v) is 7.60. The number of hydrogen-bond donors (Lipinski definition) is 1. The van der Waals surface area contributed by atoms with Gasteiger partial charge in [0.25, 0.3) is 5.91 Å². The maximum absolute atomic E-state index is 12.3. The summed E-state index contributed by atoms with van der Waals surface area (Å²) in [6, 6.07) is 11.5. The molecule has 0 aliphatic rings. The Bertz CT molecular complexity index is 731. The summed E-state index contributed by atoms with van der Waals surface area (Å²) in [5, 5.41) is 13.8. The second kappa shape index (κ2) is 7.23. The summed E-state index contributed by atoms with van der Waals surface area (Å²) in [4.78, 5) is 22.7. The van der Waals surface area contributed by atoms with E-state index >= 15 is 0 Å². The SMILES string of the molecule is COc1ccc(C(=O)N[C@H](C)c2ccc(Br)cc2)cc1[N+](=O)[O-]. The van der Waals surface area contributed by atoms with Crippen LogP contribution in [0.4, 0.5) is 5.69 Å². The van der Waals surface area contributed by atoms with Crippen molar-refractivity contribution in [1.82, 2.24) is 5.32 Å². The number of nitrogens with one attached hydrogen (secondary N) is 1. The van der Waals surface area contributed by atoms with Gasteiger partial charge in [0.15, 0.2) is 5.75 Å². The number of nitrogens with zero attached hydrogens (tertiary/aromatic N) is 1. The molecule has 1 atom stereocenters. The number of carbonyl (C=O) groups excluding carboxylic acids is 1. The van der Waals surface area contributed by atoms with Crippen LogP contribution in [0.3, 0.4) is 0 Å². The highest BCUT2D eigenvalue weighted by molar-refractivity contribution is 9.10. The summed E-state index contributed by atoms with van der Waals surface area (Å²) in [7, 11) is 1.34. The lowest BCUT2D eigenvalue weighted by Crippen LogP contribution is -2.26. The van der Waals surface area contributed by atoms with E-state index in [0.29, 0.717) is 0 Å². The predicted octanol–water partition coefficient (Wildman–Crippen LogP) is 3.86. The molecule has 0 fully saturated rings. The Hall–Kier alpha value is -2.41. The van der Waals surface area contributed by atoms with E-state index in [-0.39, 0.29) is 28.9 Å². The molecular formula is C16H15BrN2O4. The van der Waals surface area contributed by atoms with E-state index in [1.807, 2.05) is 31.2 Å². The summed E-state index contributed by atoms with van der Waals surface area (Å²) in [6.45, 7) is 1.85. The zero-order valence-corrected chi connectivity index (χ0v) is 14.2. The molecule has 2 rings (SSSR count). The third kappa shape index (κ3) is 4.07. The van der Waals surface area contributed by atoms with Gasteiger partial charge in [0.1, 0.15) is 0 Å². The van der Waals surface area contributed by atoms with E-state index in [0.717, 1.165) is 10.0 Å². The predicted molar refractivity (Wildman–Crippen MR) is 89.7 cm³/mol. The molecule has 0 unspecified atom stereocenters. The summed E-state index contributed by atoms with van der Waals surface area (Å²) in [5.41, 5.74) is 0.905. The number of nitro groups is 1. The fraction of sp³-hybridized carbons (Fsp3) is 0.188. The van der Waals surface area contributed by atoms with Gasteiger partial charge < -0.3 is 10.1 Å². The van der Waals surface area contributed by atoms with E-state index in [1.165, 1.54) is 25.3 Å². The Kier molecular flexibility index (Phi) is 5.33. The average molecular weight is 379 g/mol. The highest BCUT2D eigenvalue weighted by atomic mass is 79.9. The molecular weight excluding hydrogens is 364 g/mol. The molecule has 120 valence electrons. The van der Waals surface area contributed by atoms with E-state index in [9.17, 15) is 14.9 Å². The van der Waals surface area contributed by atoms with Crippen molar-refractivity contribution in [2.45, 2.75) is 13.0 Å². The number of carbonyl (C=O) groups is 1. The van der Waals surface area contributed by atoms with Crippen molar-refractivity contribution in [3.8, 4) is 5.75 Å². The molecule has 2 aromatic carbocycles. The van der Waals surface area contributed by atoms with E-state index in [1.54, 1.807) is 0 Å². The zero-order chi connectivity index (χ0) is 17.0. The van der Waals surface area contributed by atoms with Crippen LogP contribution >= 0.6 is 15.9 Å². The standard InChI is InChI=1S/C16H15BrN2O4/c1-10(11-3-6-13(17)7-4-11)18-16(20)12-5-8-15(23-2)14(9-12)19(21)22/h3-10H,1-2H3,(H,18,20)/t10-/m1/s1. The van der Waals surface area contributed by atoms with Crippen LogP contribution < -0.4 is 10.1 Å². The Balaban J connectivity index is 2.18. The molecule has 0 aliphatic heterocycles. The normalized spacial score (nSPS) is 11.6. The van der Waals surface area contributed by atoms with Crippen LogP contribution in [-0.4, -0.2) is 17.9 Å². The monoisotopic (exact) mass is 378 g/mol. The minimum atomic E-state index is -0.576. The van der Waals surface area contributed by atoms with Gasteiger partial charge >= 0.3 is 5.69 Å². The number of methoxy groups -OCH3 is 1. The van der Waals surface area contributed by atoms with Crippen molar-refractivity contribution in [3.05, 3.63) is 68.2 Å². The quantitative estimate of drug-likeness (QED) is 0.632. The molecule has 0 heterocycles. The first kappa shape index (κ1) is 17.0. The Morgan fingerprint density at radius 1 is 1.26 bits per heavy atom. The van der Waals surface area contributed by atoms with Gasteiger partial charge in [0, 0.05) is 16.1 Å². The lowest BCUT2D eigenvalue weighted by molar-refractivity contribution is -0.385. The third-order valence-corrected chi connectivity index (χ3v) is 3.88. The van der Waals surface area contributed by atoms with Crippen LogP contribution in [0.5, 0.6) is 5.75 Å². The van der Waals surface area contributed by atoms with Crippen LogP contribution in [-0.2, 0) is 0 Å². The highest BCUT2D eigenvalue weighted by Crippen LogP contribution is 2.27. The highest BCUT2D eigenvalue weighted by Gasteiger charge is 2.19. The fourth-order valence-corrected chi connectivity index (χ4v) is 2.35. The second-order valence-electron chi connectivity index (χ2n) is 4.89. The lowest BCUT2D eigenvalue weighted by atomic mass is 10.1. The van der Waals surface area contributed by atoms with E-state index < -0.39 is 4.92 Å². The van der Waals surface area contributed by atoms with Gasteiger partial charge in [0.05, 0.1) is 18.1 Å². The topological polar surface area (TPSA) is 81.5 Å². The van der Waals surface area contributed by atoms with E-state index in [4.69, 9.17) is 4.74 Å². The van der Waals surface area contributed by atoms with Crippen LogP contribution in [0.15, 0.2) is 46.9 Å². The van der Waals surface area contributed by atoms with Crippen LogP contribution in [0.2, 0.25) is 0 Å². The third-order valence-electron chi connectivity index (χ3n) is 3.36. The first-order valence-electron chi connectivity index (χ1n) is 6.81. The molecule has 0 saturated carbocycles. The Morgan fingerprint density at radius 3 is 2.48 bits per heavy atom. The van der Waals surface area contributed by atoms with Crippen molar-refractivity contribution >= 4 is 27.5 Å². The maximum atomic E-state index is 12.3. The number of rotatable bonds is 5. The minimum absolute atomic E-state index is 0.118. The largest absolute Gasteiger partial charge is 0.490 e. The molecule has 2 aromatic rings. The van der Waals surface area contributed by atoms with Crippen molar-refractivity contribution < 1.29 is 14.5 Å². The number of halogens is 1. The summed E-state index contributed by atoms with van der Waals surface area (Å²) in [5.74, 6) is -0.265. The first-order chi connectivity index (χ1) is 10.9. The van der Waals surface area contributed by atoms with Gasteiger partial charge in [-0.2, -0.15) is 0 Å². The van der Waals surface area contributed by atoms with Crippen molar-refractivity contribution in [3.63, 3.8) is 0 Å². The fourth-order valence-electron chi connectivity index (χ4n) is 2.09. The number of hydrogen-bond acceptors (Lipinski definition) is 4. The number of amides is 1. The molecule has 7 heteroatoms. The average Bonchev–Trinajstić information content (AvgIpc) is 2.54. The van der Waals surface area contributed by atoms with E-state index in [2.05, 4.69) is 21.2 Å². The van der Waals surface area contributed by atoms with Crippen LogP contribution in [0.25, 0.3) is 0 Å². The smallest absolute Gasteiger partial charge is 0.311 e. The molecule has 23 heavy (non-hydrogen) atoms. The van der Waals surface area contributed by atoms with Crippen LogP contribution in [0, 0.1) is 10.1 Å². The molecule has 0 spiro atoms. The molecule has 0 saturated heterocycles. The van der Waals surface area contributed by atoms with Gasteiger partial charge in [-0.3, -0.25) is 14.9 Å². The molecule has 6 nitrogen and oxygen atoms in total. The Morgan fingerprint density at radius 2 is 1.91 bits per heavy atom. The molecule has 0 aliphatic carbocycles. The van der Waals surface area contributed by atoms with Gasteiger partial charge in [-0.05, 0) is 36.8 Å². The van der Waals surface area contributed by atoms with Gasteiger partial charge in [0.2, 0.25) is 0 Å². The molecule has 1 amide bonds. The molecule has 0 aromatic heterocycles. The maximum Gasteiger partial charge on any atom is 0.311 e. The summed E-state index contributed by atoms with van der Waals surface area (Å²) < 4.78 is 5.87. The number of ether oxygens (including phenoxy) is 1. The van der Waals surface area contributed by atoms with Crippen molar-refractivity contribution in [1.29, 1.82) is 0 Å². The number of benzene rings is 2. The molecule has 0 radical (unpaired) electrons. The Labute approximate surface area is 141 Å². The summed E-state index contributed by atoms with van der Waals surface area (Å²) >= 11 is 3.35. The van der Waals surface area contributed by atoms with Gasteiger partial charge in [-0.1, -0.05) is 28.1 Å². The summed E-state index contributed by atoms with van der Waals surface area (Å²) in [6.07, 6.45) is 0. The van der Waals surface area contributed by atoms with Crippen LogP contribution in [0.1, 0.15) is 28.9 Å². The molecule has 0 bridgehead atoms. The number of nitro benzene ring substituents is 1.